The molecule has 0 spiro atoms. The maximum atomic E-state index is 14.7. The summed E-state index contributed by atoms with van der Waals surface area (Å²) < 4.78 is 45.3. The monoisotopic (exact) mass is 358 g/mol. The Morgan fingerprint density at radius 3 is 2.72 bits per heavy atom. The molecule has 2 aliphatic rings. The number of rotatable bonds is 4. The van der Waals surface area contributed by atoms with Crippen molar-refractivity contribution in [1.82, 2.24) is 5.32 Å². The molecule has 140 valence electrons. The Morgan fingerprint density at radius 2 is 2.04 bits per heavy atom. The van der Waals surface area contributed by atoms with E-state index in [-0.39, 0.29) is 17.3 Å². The van der Waals surface area contributed by atoms with Gasteiger partial charge in [-0.3, -0.25) is 0 Å². The molecule has 25 heavy (non-hydrogen) atoms. The van der Waals surface area contributed by atoms with Crippen LogP contribution in [0.4, 0.5) is 18.9 Å². The second kappa shape index (κ2) is 6.68. The van der Waals surface area contributed by atoms with Crippen molar-refractivity contribution < 1.29 is 23.0 Å². The van der Waals surface area contributed by atoms with Gasteiger partial charge in [0.2, 0.25) is 0 Å². The zero-order valence-corrected chi connectivity index (χ0v) is 14.6. The summed E-state index contributed by atoms with van der Waals surface area (Å²) in [5.74, 6) is -0.886. The van der Waals surface area contributed by atoms with E-state index >= 15 is 0 Å². The van der Waals surface area contributed by atoms with Crippen molar-refractivity contribution >= 4 is 5.69 Å². The largest absolute Gasteiger partial charge is 0.431 e. The van der Waals surface area contributed by atoms with E-state index in [0.29, 0.717) is 18.3 Å². The highest BCUT2D eigenvalue weighted by molar-refractivity contribution is 5.53. The van der Waals surface area contributed by atoms with Gasteiger partial charge in [-0.2, -0.15) is 8.78 Å². The van der Waals surface area contributed by atoms with Gasteiger partial charge < -0.3 is 20.1 Å². The topological polar surface area (TPSA) is 44.7 Å². The van der Waals surface area contributed by atoms with E-state index in [4.69, 9.17) is 5.11 Å². The number of hydrogen-bond donors (Lipinski definition) is 2. The van der Waals surface area contributed by atoms with E-state index in [2.05, 4.69) is 28.8 Å². The minimum absolute atomic E-state index is 0.163. The number of alkyl halides is 2. The van der Waals surface area contributed by atoms with Crippen LogP contribution in [0.15, 0.2) is 18.2 Å². The van der Waals surface area contributed by atoms with Gasteiger partial charge in [0, 0.05) is 30.2 Å². The number of aliphatic hydroxyl groups excluding tert-OH is 1. The second-order valence-corrected chi connectivity index (χ2v) is 7.63. The van der Waals surface area contributed by atoms with Crippen LogP contribution in [0.25, 0.3) is 0 Å². The first-order valence-electron chi connectivity index (χ1n) is 8.72. The zero-order valence-electron chi connectivity index (χ0n) is 14.6. The number of fused-ring (bicyclic) bond motifs is 1. The molecule has 1 aliphatic carbocycles. The third-order valence-corrected chi connectivity index (χ3v) is 4.95. The molecule has 1 heterocycles. The first-order valence-corrected chi connectivity index (χ1v) is 8.72. The van der Waals surface area contributed by atoms with Gasteiger partial charge in [0.15, 0.2) is 0 Å². The lowest BCUT2D eigenvalue weighted by molar-refractivity contribution is -0.200. The van der Waals surface area contributed by atoms with Crippen molar-refractivity contribution in [3.63, 3.8) is 0 Å². The Labute approximate surface area is 146 Å². The quantitative estimate of drug-likeness (QED) is 0.867. The Balaban J connectivity index is 1.86. The normalized spacial score (nSPS) is 26.2. The number of ether oxygens (including phenoxy) is 1. The molecule has 2 atom stereocenters. The highest BCUT2D eigenvalue weighted by Crippen LogP contribution is 2.36. The van der Waals surface area contributed by atoms with Crippen molar-refractivity contribution in [2.75, 3.05) is 18.1 Å². The van der Waals surface area contributed by atoms with Gasteiger partial charge in [0.05, 0.1) is 5.69 Å². The Kier molecular flexibility index (Phi) is 4.90. The minimum Gasteiger partial charge on any atom is -0.431 e. The average molecular weight is 358 g/mol. The highest BCUT2D eigenvalue weighted by atomic mass is 19.3. The minimum atomic E-state index is -3.72. The van der Waals surface area contributed by atoms with Gasteiger partial charge in [-0.25, -0.2) is 4.39 Å². The third kappa shape index (κ3) is 4.03. The summed E-state index contributed by atoms with van der Waals surface area (Å²) in [6.45, 7) is 3.36. The molecule has 0 amide bonds. The fourth-order valence-electron chi connectivity index (χ4n) is 4.00. The van der Waals surface area contributed by atoms with Crippen LogP contribution < -0.4 is 15.0 Å². The summed E-state index contributed by atoms with van der Waals surface area (Å²) in [7, 11) is 0. The maximum Gasteiger partial charge on any atom is 0.421 e. The van der Waals surface area contributed by atoms with Crippen LogP contribution in [-0.4, -0.2) is 42.0 Å². The molecule has 0 aromatic heterocycles. The molecule has 0 bridgehead atoms. The van der Waals surface area contributed by atoms with E-state index in [0.717, 1.165) is 31.7 Å². The lowest BCUT2D eigenvalue weighted by atomic mass is 9.83. The number of aliphatic hydroxyl groups is 1. The van der Waals surface area contributed by atoms with Crippen LogP contribution in [0.1, 0.15) is 39.5 Å². The molecule has 1 saturated carbocycles. The lowest BCUT2D eigenvalue weighted by Gasteiger charge is -2.52. The average Bonchev–Trinajstić information content (AvgIpc) is 2.53. The summed E-state index contributed by atoms with van der Waals surface area (Å²) >= 11 is 0. The predicted octanol–water partition coefficient (Wildman–Crippen LogP) is 3.29. The molecule has 2 N–H and O–H groups in total. The van der Waals surface area contributed by atoms with Crippen LogP contribution in [0, 0.1) is 5.82 Å². The molecule has 4 nitrogen and oxygen atoms in total. The van der Waals surface area contributed by atoms with Gasteiger partial charge in [-0.05, 0) is 38.8 Å². The predicted molar refractivity (Wildman–Crippen MR) is 89.7 cm³/mol. The Morgan fingerprint density at radius 1 is 1.32 bits per heavy atom. The molecule has 2 fully saturated rings. The molecule has 7 heteroatoms. The van der Waals surface area contributed by atoms with Crippen molar-refractivity contribution in [1.29, 1.82) is 0 Å². The number of anilines is 1. The first kappa shape index (κ1) is 18.3. The third-order valence-electron chi connectivity index (χ3n) is 4.95. The van der Waals surface area contributed by atoms with Crippen molar-refractivity contribution in [3.8, 4) is 5.75 Å². The summed E-state index contributed by atoms with van der Waals surface area (Å²) in [5.41, 5.74) is 0.246. The number of halogens is 3. The number of nitrogens with zero attached hydrogens (tertiary/aromatic N) is 1. The summed E-state index contributed by atoms with van der Waals surface area (Å²) in [6.07, 6.45) is 0.568. The van der Waals surface area contributed by atoms with E-state index in [1.165, 1.54) is 12.1 Å². The lowest BCUT2D eigenvalue weighted by Crippen LogP contribution is -2.67. The molecule has 0 radical (unpaired) electrons. The fraction of sp³-hybridized carbons (Fsp3) is 0.667. The molecule has 1 aromatic carbocycles. The fourth-order valence-corrected chi connectivity index (χ4v) is 4.00. The first-order chi connectivity index (χ1) is 11.7. The Hall–Kier alpha value is -1.47. The molecule has 1 aromatic rings. The molecule has 1 saturated heterocycles. The van der Waals surface area contributed by atoms with Crippen LogP contribution in [0.2, 0.25) is 0 Å². The van der Waals surface area contributed by atoms with Gasteiger partial charge in [-0.15, -0.1) is 0 Å². The van der Waals surface area contributed by atoms with E-state index in [9.17, 15) is 13.2 Å². The van der Waals surface area contributed by atoms with Gasteiger partial charge in [0.25, 0.3) is 0 Å². The number of hydrogen-bond acceptors (Lipinski definition) is 4. The van der Waals surface area contributed by atoms with Crippen molar-refractivity contribution in [3.05, 3.63) is 24.0 Å². The highest BCUT2D eigenvalue weighted by Gasteiger charge is 2.41. The van der Waals surface area contributed by atoms with Gasteiger partial charge >= 0.3 is 6.11 Å². The van der Waals surface area contributed by atoms with Gasteiger partial charge in [-0.1, -0.05) is 12.8 Å². The standard InChI is InChI=1S/C18H25F3N2O2/c1-17(2)10-23(16-6-4-3-5-14(16)22-17)15-8-7-12(9-13(15)19)25-18(20,21)11-24/h7-9,14,16,22,24H,3-6,10-11H2,1-2H3/t14-,16+/m1/s1. The van der Waals surface area contributed by atoms with Crippen LogP contribution in [0.5, 0.6) is 5.75 Å². The maximum absolute atomic E-state index is 14.7. The smallest absolute Gasteiger partial charge is 0.421 e. The van der Waals surface area contributed by atoms with Crippen LogP contribution in [-0.2, 0) is 0 Å². The SMILES string of the molecule is CC1(C)CN(c2ccc(OC(F)(F)CO)cc2F)[C@H]2CCCC[C@H]2N1. The summed E-state index contributed by atoms with van der Waals surface area (Å²) in [4.78, 5) is 2.06. The molecule has 0 unspecified atom stereocenters. The van der Waals surface area contributed by atoms with Crippen LogP contribution >= 0.6 is 0 Å². The van der Waals surface area contributed by atoms with Crippen molar-refractivity contribution in [2.45, 2.75) is 63.3 Å². The summed E-state index contributed by atoms with van der Waals surface area (Å²) in [6, 6.07) is 4.28. The van der Waals surface area contributed by atoms with Crippen molar-refractivity contribution in [2.24, 2.45) is 0 Å². The van der Waals surface area contributed by atoms with Crippen LogP contribution in [0.3, 0.4) is 0 Å². The summed E-state index contributed by atoms with van der Waals surface area (Å²) in [5, 5.41) is 12.2. The second-order valence-electron chi connectivity index (χ2n) is 7.63. The molecule has 3 rings (SSSR count). The molecule has 1 aliphatic heterocycles. The molecular weight excluding hydrogens is 333 g/mol. The Bertz CT molecular complexity index is 624. The number of benzene rings is 1. The zero-order chi connectivity index (χ0) is 18.2. The number of nitrogens with one attached hydrogen (secondary N) is 1. The van der Waals surface area contributed by atoms with E-state index in [1.54, 1.807) is 0 Å². The molecular formula is C18H25F3N2O2. The van der Waals surface area contributed by atoms with E-state index < -0.39 is 18.5 Å². The number of piperazine rings is 1. The van der Waals surface area contributed by atoms with Gasteiger partial charge in [0.1, 0.15) is 18.2 Å². The van der Waals surface area contributed by atoms with E-state index in [1.807, 2.05) is 0 Å².